The number of nitrogens with one attached hydrogen (secondary N) is 1. The van der Waals surface area contributed by atoms with Gasteiger partial charge >= 0.3 is 0 Å². The number of aryl methyl sites for hydroxylation is 2. The Hall–Kier alpha value is -1.12. The quantitative estimate of drug-likeness (QED) is 0.674. The molecule has 1 aromatic rings. The largest absolute Gasteiger partial charge is 0.379 e. The molecule has 0 saturated heterocycles. The predicted molar refractivity (Wildman–Crippen MR) is 52.9 cm³/mol. The van der Waals surface area contributed by atoms with E-state index >= 15 is 0 Å². The Bertz CT molecular complexity index is 347. The minimum absolute atomic E-state index is 0.0595. The minimum atomic E-state index is -2.58. The van der Waals surface area contributed by atoms with E-state index in [1.165, 1.54) is 0 Å². The first-order valence-electron chi connectivity index (χ1n) is 4.78. The Labute approximate surface area is 82.1 Å². The Morgan fingerprint density at radius 3 is 2.93 bits per heavy atom. The molecule has 0 amide bonds. The molecule has 1 aromatic carbocycles. The van der Waals surface area contributed by atoms with Gasteiger partial charge in [0, 0.05) is 12.1 Å². The van der Waals surface area contributed by atoms with Crippen molar-refractivity contribution in [2.75, 3.05) is 11.9 Å². The fraction of sp³-hybridized carbons (Fsp3) is 0.455. The summed E-state index contributed by atoms with van der Waals surface area (Å²) in [6.45, 7) is 1.72. The molecule has 0 aliphatic carbocycles. The molecule has 0 radical (unpaired) electrons. The van der Waals surface area contributed by atoms with Crippen molar-refractivity contribution in [2.45, 2.75) is 25.7 Å². The van der Waals surface area contributed by atoms with Gasteiger partial charge in [0.2, 0.25) is 0 Å². The van der Waals surface area contributed by atoms with E-state index in [0.29, 0.717) is 6.42 Å². The average molecular weight is 197 g/mol. The molecule has 0 atom stereocenters. The minimum Gasteiger partial charge on any atom is -0.379 e. The van der Waals surface area contributed by atoms with Crippen molar-refractivity contribution in [3.63, 3.8) is 0 Å². The van der Waals surface area contributed by atoms with Crippen LogP contribution in [0.25, 0.3) is 0 Å². The average Bonchev–Trinajstić information content (AvgIpc) is 2.26. The first kappa shape index (κ1) is 9.44. The Kier molecular flexibility index (Phi) is 2.17. The second kappa shape index (κ2) is 3.23. The number of fused-ring (bicyclic) bond motifs is 1. The summed E-state index contributed by atoms with van der Waals surface area (Å²) in [7, 11) is 0. The van der Waals surface area contributed by atoms with Gasteiger partial charge in [0.15, 0.2) is 0 Å². The summed E-state index contributed by atoms with van der Waals surface area (Å²) >= 11 is 0. The first-order valence-corrected chi connectivity index (χ1v) is 4.78. The third-order valence-electron chi connectivity index (χ3n) is 2.56. The van der Waals surface area contributed by atoms with Gasteiger partial charge in [-0.05, 0) is 30.5 Å². The SMILES string of the molecule is Cc1ccc2c(c1)NCC(F)(F)CC2. The van der Waals surface area contributed by atoms with E-state index in [2.05, 4.69) is 5.32 Å². The van der Waals surface area contributed by atoms with E-state index in [9.17, 15) is 8.78 Å². The summed E-state index contributed by atoms with van der Waals surface area (Å²) in [4.78, 5) is 0. The van der Waals surface area contributed by atoms with Crippen LogP contribution >= 0.6 is 0 Å². The summed E-state index contributed by atoms with van der Waals surface area (Å²) in [6, 6.07) is 5.82. The van der Waals surface area contributed by atoms with E-state index in [1.807, 2.05) is 25.1 Å². The van der Waals surface area contributed by atoms with Crippen LogP contribution in [0.1, 0.15) is 17.5 Å². The number of halogens is 2. The fourth-order valence-electron chi connectivity index (χ4n) is 1.70. The topological polar surface area (TPSA) is 12.0 Å². The molecular formula is C11H13F2N. The zero-order chi connectivity index (χ0) is 10.2. The Morgan fingerprint density at radius 1 is 1.36 bits per heavy atom. The lowest BCUT2D eigenvalue weighted by atomic mass is 10.1. The monoisotopic (exact) mass is 197 g/mol. The number of hydrogen-bond acceptors (Lipinski definition) is 1. The molecule has 1 aliphatic rings. The van der Waals surface area contributed by atoms with Crippen LogP contribution < -0.4 is 5.32 Å². The molecule has 0 fully saturated rings. The number of rotatable bonds is 0. The molecule has 3 heteroatoms. The van der Waals surface area contributed by atoms with Gasteiger partial charge in [-0.1, -0.05) is 12.1 Å². The summed E-state index contributed by atoms with van der Waals surface area (Å²) in [6.07, 6.45) is 0.395. The summed E-state index contributed by atoms with van der Waals surface area (Å²) < 4.78 is 26.1. The molecule has 1 heterocycles. The lowest BCUT2D eigenvalue weighted by molar-refractivity contribution is 0.00842. The molecule has 0 unspecified atom stereocenters. The maximum absolute atomic E-state index is 13.1. The maximum Gasteiger partial charge on any atom is 0.265 e. The molecule has 0 aromatic heterocycles. The van der Waals surface area contributed by atoms with Crippen LogP contribution in [0.4, 0.5) is 14.5 Å². The van der Waals surface area contributed by atoms with Gasteiger partial charge in [0.05, 0.1) is 6.54 Å². The summed E-state index contributed by atoms with van der Waals surface area (Å²) in [5, 5.41) is 2.81. The highest BCUT2D eigenvalue weighted by atomic mass is 19.3. The van der Waals surface area contributed by atoms with Gasteiger partial charge in [-0.25, -0.2) is 8.78 Å². The van der Waals surface area contributed by atoms with E-state index in [-0.39, 0.29) is 13.0 Å². The van der Waals surface area contributed by atoms with Crippen LogP contribution in [0.5, 0.6) is 0 Å². The smallest absolute Gasteiger partial charge is 0.265 e. The number of alkyl halides is 2. The van der Waals surface area contributed by atoms with E-state index in [4.69, 9.17) is 0 Å². The maximum atomic E-state index is 13.1. The molecular weight excluding hydrogens is 184 g/mol. The van der Waals surface area contributed by atoms with Gasteiger partial charge < -0.3 is 5.32 Å². The second-order valence-electron chi connectivity index (χ2n) is 3.87. The van der Waals surface area contributed by atoms with Crippen molar-refractivity contribution in [3.8, 4) is 0 Å². The standard InChI is InChI=1S/C11H13F2N/c1-8-2-3-9-4-5-11(12,13)7-14-10(9)6-8/h2-3,6,14H,4-5,7H2,1H3. The third-order valence-corrected chi connectivity index (χ3v) is 2.56. The van der Waals surface area contributed by atoms with Crippen LogP contribution in [-0.4, -0.2) is 12.5 Å². The van der Waals surface area contributed by atoms with Crippen LogP contribution in [0.3, 0.4) is 0 Å². The number of hydrogen-bond donors (Lipinski definition) is 1. The van der Waals surface area contributed by atoms with Crippen molar-refractivity contribution < 1.29 is 8.78 Å². The van der Waals surface area contributed by atoms with Crippen LogP contribution in [0, 0.1) is 6.92 Å². The van der Waals surface area contributed by atoms with E-state index in [1.54, 1.807) is 0 Å². The molecule has 14 heavy (non-hydrogen) atoms. The van der Waals surface area contributed by atoms with Crippen LogP contribution in [-0.2, 0) is 6.42 Å². The molecule has 1 nitrogen and oxygen atoms in total. The van der Waals surface area contributed by atoms with Crippen molar-refractivity contribution in [1.29, 1.82) is 0 Å². The summed E-state index contributed by atoms with van der Waals surface area (Å²) in [5.74, 6) is -2.58. The lowest BCUT2D eigenvalue weighted by Gasteiger charge is -2.12. The van der Waals surface area contributed by atoms with Gasteiger partial charge in [-0.3, -0.25) is 0 Å². The predicted octanol–water partition coefficient (Wildman–Crippen LogP) is 2.99. The molecule has 2 rings (SSSR count). The highest BCUT2D eigenvalue weighted by Crippen LogP contribution is 2.29. The third kappa shape index (κ3) is 1.86. The number of benzene rings is 1. The molecule has 0 bridgehead atoms. The molecule has 76 valence electrons. The Balaban J connectivity index is 2.30. The molecule has 0 spiro atoms. The van der Waals surface area contributed by atoms with E-state index in [0.717, 1.165) is 16.8 Å². The molecule has 1 aliphatic heterocycles. The number of anilines is 1. The van der Waals surface area contributed by atoms with E-state index < -0.39 is 5.92 Å². The van der Waals surface area contributed by atoms with Crippen molar-refractivity contribution in [2.24, 2.45) is 0 Å². The highest BCUT2D eigenvalue weighted by molar-refractivity contribution is 5.54. The van der Waals surface area contributed by atoms with Gasteiger partial charge in [0.1, 0.15) is 0 Å². The van der Waals surface area contributed by atoms with Crippen LogP contribution in [0.15, 0.2) is 18.2 Å². The normalized spacial score (nSPS) is 19.4. The second-order valence-corrected chi connectivity index (χ2v) is 3.87. The van der Waals surface area contributed by atoms with Crippen molar-refractivity contribution >= 4 is 5.69 Å². The molecule has 0 saturated carbocycles. The zero-order valence-corrected chi connectivity index (χ0v) is 8.11. The van der Waals surface area contributed by atoms with Crippen LogP contribution in [0.2, 0.25) is 0 Å². The highest BCUT2D eigenvalue weighted by Gasteiger charge is 2.30. The zero-order valence-electron chi connectivity index (χ0n) is 8.11. The molecule has 1 N–H and O–H groups in total. The van der Waals surface area contributed by atoms with Gasteiger partial charge in [-0.2, -0.15) is 0 Å². The fourth-order valence-corrected chi connectivity index (χ4v) is 1.70. The van der Waals surface area contributed by atoms with Crippen molar-refractivity contribution in [3.05, 3.63) is 29.3 Å². The lowest BCUT2D eigenvalue weighted by Crippen LogP contribution is -2.25. The van der Waals surface area contributed by atoms with Gasteiger partial charge in [-0.15, -0.1) is 0 Å². The Morgan fingerprint density at radius 2 is 2.14 bits per heavy atom. The summed E-state index contributed by atoms with van der Waals surface area (Å²) in [5.41, 5.74) is 2.96. The van der Waals surface area contributed by atoms with Gasteiger partial charge in [0.25, 0.3) is 5.92 Å². The first-order chi connectivity index (χ1) is 6.57. The van der Waals surface area contributed by atoms with Crippen molar-refractivity contribution in [1.82, 2.24) is 0 Å².